The number of carbonyl (C=O) groups excluding carboxylic acids is 1. The largest absolute Gasteiger partial charge is 0.497 e. The van der Waals surface area contributed by atoms with Gasteiger partial charge in [0.2, 0.25) is 17.6 Å². The van der Waals surface area contributed by atoms with E-state index in [0.717, 1.165) is 37.5 Å². The highest BCUT2D eigenvalue weighted by Gasteiger charge is 2.26. The predicted octanol–water partition coefficient (Wildman–Crippen LogP) is 2.35. The second kappa shape index (κ2) is 9.33. The second-order valence-electron chi connectivity index (χ2n) is 7.05. The molecule has 0 spiro atoms. The summed E-state index contributed by atoms with van der Waals surface area (Å²) < 4.78 is 10.6. The van der Waals surface area contributed by atoms with Crippen LogP contribution in [-0.4, -0.2) is 70.2 Å². The Morgan fingerprint density at radius 2 is 2.03 bits per heavy atom. The number of nitrogens with one attached hydrogen (secondary N) is 1. The monoisotopic (exact) mass is 428 g/mol. The lowest BCUT2D eigenvalue weighted by Gasteiger charge is -2.36. The topological polar surface area (TPSA) is 96.6 Å². The number of nitrogens with zero attached hydrogens (tertiary/aromatic N) is 5. The first-order chi connectivity index (χ1) is 14.6. The molecule has 0 saturated carbocycles. The Labute approximate surface area is 178 Å². The number of anilines is 1. The fraction of sp³-hybridized carbons (Fsp3) is 0.400. The minimum atomic E-state index is -0.207. The third-order valence-electron chi connectivity index (χ3n) is 5.17. The Bertz CT molecular complexity index is 951. The Balaban J connectivity index is 1.27. The molecule has 1 amide bonds. The van der Waals surface area contributed by atoms with Gasteiger partial charge in [-0.2, -0.15) is 4.98 Å². The van der Waals surface area contributed by atoms with Crippen LogP contribution in [0.1, 0.15) is 12.8 Å². The standard InChI is InChI=1S/C20H24N6O3S/c1-14(19(27)23-20-21-7-12-30-20)26-10-8-25(9-11-26)13-17-22-18(24-29-17)15-3-5-16(28-2)6-4-15/h3-7,12,14H,8-11,13H2,1-2H3,(H,21,23,27). The molecule has 2 aromatic heterocycles. The summed E-state index contributed by atoms with van der Waals surface area (Å²) in [5.41, 5.74) is 0.885. The van der Waals surface area contributed by atoms with Gasteiger partial charge in [-0.05, 0) is 31.2 Å². The molecule has 1 aliphatic rings. The van der Waals surface area contributed by atoms with Crippen molar-refractivity contribution in [2.45, 2.75) is 19.5 Å². The van der Waals surface area contributed by atoms with Gasteiger partial charge in [0.1, 0.15) is 5.75 Å². The highest BCUT2D eigenvalue weighted by atomic mass is 32.1. The molecule has 1 aliphatic heterocycles. The van der Waals surface area contributed by atoms with Crippen LogP contribution in [0.25, 0.3) is 11.4 Å². The second-order valence-corrected chi connectivity index (χ2v) is 7.95. The number of methoxy groups -OCH3 is 1. The Hall–Kier alpha value is -2.82. The normalized spacial score (nSPS) is 16.3. The fourth-order valence-electron chi connectivity index (χ4n) is 3.34. The average Bonchev–Trinajstić information content (AvgIpc) is 3.46. The van der Waals surface area contributed by atoms with Crippen LogP contribution in [0.2, 0.25) is 0 Å². The van der Waals surface area contributed by atoms with E-state index in [9.17, 15) is 4.79 Å². The van der Waals surface area contributed by atoms with Crippen LogP contribution < -0.4 is 10.1 Å². The molecule has 4 rings (SSSR count). The van der Waals surface area contributed by atoms with E-state index in [2.05, 4.69) is 30.2 Å². The van der Waals surface area contributed by atoms with Gasteiger partial charge in [-0.15, -0.1) is 11.3 Å². The minimum absolute atomic E-state index is 0.0283. The quantitative estimate of drug-likeness (QED) is 0.613. The molecule has 1 aromatic carbocycles. The average molecular weight is 429 g/mol. The Morgan fingerprint density at radius 3 is 2.70 bits per heavy atom. The maximum absolute atomic E-state index is 12.4. The molecule has 1 atom stereocenters. The zero-order valence-corrected chi connectivity index (χ0v) is 17.8. The van der Waals surface area contributed by atoms with Gasteiger partial charge in [-0.1, -0.05) is 5.16 Å². The van der Waals surface area contributed by atoms with E-state index in [-0.39, 0.29) is 11.9 Å². The van der Waals surface area contributed by atoms with Crippen molar-refractivity contribution in [2.75, 3.05) is 38.6 Å². The molecule has 0 radical (unpaired) electrons. The minimum Gasteiger partial charge on any atom is -0.497 e. The number of hydrogen-bond acceptors (Lipinski definition) is 9. The smallest absolute Gasteiger partial charge is 0.243 e. The van der Waals surface area contributed by atoms with Crippen LogP contribution in [0.5, 0.6) is 5.75 Å². The summed E-state index contributed by atoms with van der Waals surface area (Å²) in [6.07, 6.45) is 1.68. The number of rotatable bonds is 7. The number of ether oxygens (including phenoxy) is 1. The zero-order chi connectivity index (χ0) is 20.9. The van der Waals surface area contributed by atoms with Crippen molar-refractivity contribution in [1.82, 2.24) is 24.9 Å². The number of amides is 1. The van der Waals surface area contributed by atoms with Crippen molar-refractivity contribution in [1.29, 1.82) is 0 Å². The van der Waals surface area contributed by atoms with E-state index in [1.807, 2.05) is 36.6 Å². The molecular formula is C20H24N6O3S. The summed E-state index contributed by atoms with van der Waals surface area (Å²) in [6.45, 7) is 5.77. The number of carbonyl (C=O) groups is 1. The highest BCUT2D eigenvalue weighted by Crippen LogP contribution is 2.20. The molecule has 30 heavy (non-hydrogen) atoms. The van der Waals surface area contributed by atoms with Gasteiger partial charge in [-0.25, -0.2) is 4.98 Å². The molecule has 1 fully saturated rings. The van der Waals surface area contributed by atoms with Crippen molar-refractivity contribution in [3.8, 4) is 17.1 Å². The van der Waals surface area contributed by atoms with Crippen molar-refractivity contribution in [3.63, 3.8) is 0 Å². The van der Waals surface area contributed by atoms with Crippen LogP contribution in [-0.2, 0) is 11.3 Å². The summed E-state index contributed by atoms with van der Waals surface area (Å²) >= 11 is 1.42. The lowest BCUT2D eigenvalue weighted by atomic mass is 10.2. The van der Waals surface area contributed by atoms with Gasteiger partial charge in [0, 0.05) is 43.3 Å². The Kier molecular flexibility index (Phi) is 6.36. The maximum atomic E-state index is 12.4. The molecule has 0 aliphatic carbocycles. The van der Waals surface area contributed by atoms with E-state index >= 15 is 0 Å². The van der Waals surface area contributed by atoms with Crippen LogP contribution in [0, 0.1) is 0 Å². The first-order valence-electron chi connectivity index (χ1n) is 9.76. The number of piperazine rings is 1. The molecule has 3 heterocycles. The number of thiazole rings is 1. The summed E-state index contributed by atoms with van der Waals surface area (Å²) in [5, 5.41) is 9.43. The van der Waals surface area contributed by atoms with Crippen LogP contribution in [0.15, 0.2) is 40.4 Å². The summed E-state index contributed by atoms with van der Waals surface area (Å²) in [4.78, 5) is 25.5. The van der Waals surface area contributed by atoms with Crippen molar-refractivity contribution in [2.24, 2.45) is 0 Å². The maximum Gasteiger partial charge on any atom is 0.243 e. The van der Waals surface area contributed by atoms with Gasteiger partial charge in [0.15, 0.2) is 5.13 Å². The van der Waals surface area contributed by atoms with E-state index in [1.54, 1.807) is 13.3 Å². The summed E-state index contributed by atoms with van der Waals surface area (Å²) in [7, 11) is 1.63. The molecule has 9 nitrogen and oxygen atoms in total. The van der Waals surface area contributed by atoms with Crippen molar-refractivity contribution >= 4 is 22.4 Å². The van der Waals surface area contributed by atoms with Crippen molar-refractivity contribution < 1.29 is 14.1 Å². The summed E-state index contributed by atoms with van der Waals surface area (Å²) in [6, 6.07) is 7.35. The van der Waals surface area contributed by atoms with Gasteiger partial charge in [0.05, 0.1) is 19.7 Å². The Morgan fingerprint density at radius 1 is 1.27 bits per heavy atom. The van der Waals surface area contributed by atoms with E-state index < -0.39 is 0 Å². The first-order valence-corrected chi connectivity index (χ1v) is 10.6. The molecule has 0 bridgehead atoms. The number of hydrogen-bond donors (Lipinski definition) is 1. The van der Waals surface area contributed by atoms with Gasteiger partial charge in [-0.3, -0.25) is 14.6 Å². The van der Waals surface area contributed by atoms with Crippen LogP contribution in [0.4, 0.5) is 5.13 Å². The number of benzene rings is 1. The third-order valence-corrected chi connectivity index (χ3v) is 5.86. The molecule has 1 unspecified atom stereocenters. The van der Waals surface area contributed by atoms with Gasteiger partial charge >= 0.3 is 0 Å². The lowest BCUT2D eigenvalue weighted by Crippen LogP contribution is -2.52. The third kappa shape index (κ3) is 4.84. The molecule has 3 aromatic rings. The molecular weight excluding hydrogens is 404 g/mol. The molecule has 1 saturated heterocycles. The van der Waals surface area contributed by atoms with E-state index in [4.69, 9.17) is 9.26 Å². The summed E-state index contributed by atoms with van der Waals surface area (Å²) in [5.74, 6) is 1.91. The van der Waals surface area contributed by atoms with Crippen LogP contribution >= 0.6 is 11.3 Å². The molecule has 1 N–H and O–H groups in total. The molecule has 158 valence electrons. The predicted molar refractivity (Wildman–Crippen MR) is 113 cm³/mol. The van der Waals surface area contributed by atoms with Crippen molar-refractivity contribution in [3.05, 3.63) is 41.7 Å². The van der Waals surface area contributed by atoms with Crippen LogP contribution in [0.3, 0.4) is 0 Å². The highest BCUT2D eigenvalue weighted by molar-refractivity contribution is 7.13. The van der Waals surface area contributed by atoms with Gasteiger partial charge < -0.3 is 14.6 Å². The van der Waals surface area contributed by atoms with E-state index in [0.29, 0.717) is 23.4 Å². The SMILES string of the molecule is COc1ccc(-c2noc(CN3CCN(C(C)C(=O)Nc4nccs4)CC3)n2)cc1. The molecule has 10 heteroatoms. The van der Waals surface area contributed by atoms with Gasteiger partial charge in [0.25, 0.3) is 0 Å². The first kappa shape index (κ1) is 20.5. The fourth-order valence-corrected chi connectivity index (χ4v) is 3.87. The van der Waals surface area contributed by atoms with E-state index in [1.165, 1.54) is 11.3 Å². The zero-order valence-electron chi connectivity index (χ0n) is 16.9. The lowest BCUT2D eigenvalue weighted by molar-refractivity contribution is -0.121. The number of aromatic nitrogens is 3.